The first-order valence-corrected chi connectivity index (χ1v) is 17.2. The highest BCUT2D eigenvalue weighted by molar-refractivity contribution is 6.35. The molecule has 0 spiro atoms. The molecule has 3 fully saturated rings. The van der Waals surface area contributed by atoms with E-state index in [0.717, 1.165) is 49.3 Å². The molecular weight excluding hydrogens is 681 g/mol. The number of ether oxygens (including phenoxy) is 4. The van der Waals surface area contributed by atoms with Crippen molar-refractivity contribution in [1.82, 2.24) is 4.90 Å². The first kappa shape index (κ1) is 35.3. The van der Waals surface area contributed by atoms with Gasteiger partial charge >= 0.3 is 12.1 Å². The van der Waals surface area contributed by atoms with Crippen LogP contribution in [0.5, 0.6) is 11.5 Å². The topological polar surface area (TPSA) is 104 Å². The van der Waals surface area contributed by atoms with E-state index in [9.17, 15) is 14.8 Å². The molecule has 12 heteroatoms. The molecule has 2 bridgehead atoms. The van der Waals surface area contributed by atoms with Crippen LogP contribution in [0, 0.1) is 18.0 Å². The fourth-order valence-electron chi connectivity index (χ4n) is 6.61. The summed E-state index contributed by atoms with van der Waals surface area (Å²) in [5, 5.41) is 12.2. The fraction of sp³-hybridized carbons (Fsp3) is 0.342. The Balaban J connectivity index is 1.22. The molecule has 3 aliphatic rings. The molecule has 1 amide bonds. The van der Waals surface area contributed by atoms with E-state index in [2.05, 4.69) is 4.90 Å². The van der Waals surface area contributed by atoms with Crippen LogP contribution in [0.4, 0.5) is 10.5 Å². The van der Waals surface area contributed by atoms with Crippen molar-refractivity contribution in [3.05, 3.63) is 122 Å². The third kappa shape index (κ3) is 8.09. The maximum Gasteiger partial charge on any atom is 0.414 e. The van der Waals surface area contributed by atoms with Crippen molar-refractivity contribution >= 4 is 41.0 Å². The minimum absolute atomic E-state index is 0.0883. The lowest BCUT2D eigenvalue weighted by Gasteiger charge is -2.44. The summed E-state index contributed by atoms with van der Waals surface area (Å²) >= 11 is 12.8. The SMILES string of the molecule is COc1ccc(C(Cc2c(Cl)c[n+]([O-])cc2Cl)OC(=O)c2ccc(CN(C(=O)O[C@H]3CN4CCC3CC4)c3cccc(C)c3)cc2)cc1OC. The second-order valence-corrected chi connectivity index (χ2v) is 13.5. The smallest absolute Gasteiger partial charge is 0.414 e. The molecule has 10 nitrogen and oxygen atoms in total. The van der Waals surface area contributed by atoms with E-state index in [1.807, 2.05) is 31.2 Å². The number of piperidine rings is 3. The zero-order chi connectivity index (χ0) is 35.4. The number of hydrogen-bond donors (Lipinski definition) is 0. The van der Waals surface area contributed by atoms with Gasteiger partial charge in [0.15, 0.2) is 23.9 Å². The van der Waals surface area contributed by atoms with Crippen LogP contribution in [0.3, 0.4) is 0 Å². The number of hydrogen-bond acceptors (Lipinski definition) is 8. The normalized spacial score (nSPS) is 18.6. The zero-order valence-corrected chi connectivity index (χ0v) is 29.7. The summed E-state index contributed by atoms with van der Waals surface area (Å²) in [5.41, 5.74) is 3.92. The molecule has 0 N–H and O–H groups in total. The number of amides is 1. The van der Waals surface area contributed by atoms with Crippen LogP contribution < -0.4 is 19.1 Å². The molecule has 2 atom stereocenters. The second-order valence-electron chi connectivity index (χ2n) is 12.7. The number of carbonyl (C=O) groups is 2. The number of fused-ring (bicyclic) bond motifs is 3. The molecule has 0 aliphatic carbocycles. The van der Waals surface area contributed by atoms with Gasteiger partial charge in [-0.05, 0) is 91.9 Å². The molecule has 3 saturated heterocycles. The van der Waals surface area contributed by atoms with Crippen molar-refractivity contribution in [1.29, 1.82) is 0 Å². The summed E-state index contributed by atoms with van der Waals surface area (Å²) in [4.78, 5) is 31.3. The largest absolute Gasteiger partial charge is 0.619 e. The number of esters is 1. The number of aromatic nitrogens is 1. The number of pyridine rings is 1. The third-order valence-electron chi connectivity index (χ3n) is 9.39. The van der Waals surface area contributed by atoms with Crippen molar-refractivity contribution in [2.45, 2.75) is 44.9 Å². The van der Waals surface area contributed by atoms with Crippen LogP contribution in [0.25, 0.3) is 0 Å². The number of carbonyl (C=O) groups excluding carboxylic acids is 2. The number of halogens is 2. The minimum Gasteiger partial charge on any atom is -0.619 e. The van der Waals surface area contributed by atoms with Crippen molar-refractivity contribution in [3.8, 4) is 11.5 Å². The van der Waals surface area contributed by atoms with Crippen molar-refractivity contribution in [2.75, 3.05) is 38.8 Å². The van der Waals surface area contributed by atoms with E-state index in [4.69, 9.17) is 42.1 Å². The average molecular weight is 721 g/mol. The maximum atomic E-state index is 13.7. The van der Waals surface area contributed by atoms with Gasteiger partial charge in [-0.1, -0.05) is 53.5 Å². The van der Waals surface area contributed by atoms with Crippen molar-refractivity contribution < 1.29 is 33.3 Å². The Kier molecular flexibility index (Phi) is 11.0. The molecule has 1 aromatic heterocycles. The van der Waals surface area contributed by atoms with Crippen LogP contribution in [0.1, 0.15) is 51.6 Å². The Morgan fingerprint density at radius 2 is 1.66 bits per heavy atom. The molecule has 262 valence electrons. The van der Waals surface area contributed by atoms with Crippen LogP contribution >= 0.6 is 23.2 Å². The monoisotopic (exact) mass is 719 g/mol. The van der Waals surface area contributed by atoms with Crippen LogP contribution in [-0.2, 0) is 22.4 Å². The van der Waals surface area contributed by atoms with Crippen LogP contribution in [0.15, 0.2) is 79.1 Å². The van der Waals surface area contributed by atoms with E-state index in [0.29, 0.717) is 38.8 Å². The molecule has 1 unspecified atom stereocenters. The van der Waals surface area contributed by atoms with Crippen molar-refractivity contribution in [3.63, 3.8) is 0 Å². The van der Waals surface area contributed by atoms with Gasteiger partial charge in [0.2, 0.25) is 0 Å². The predicted octanol–water partition coefficient (Wildman–Crippen LogP) is 7.33. The van der Waals surface area contributed by atoms with E-state index < -0.39 is 18.2 Å². The van der Waals surface area contributed by atoms with Gasteiger partial charge in [0.05, 0.1) is 26.3 Å². The highest BCUT2D eigenvalue weighted by atomic mass is 35.5. The number of aryl methyl sites for hydroxylation is 1. The lowest BCUT2D eigenvalue weighted by Crippen LogP contribution is -2.53. The average Bonchev–Trinajstić information content (AvgIpc) is 3.11. The Hall–Kier alpha value is -4.51. The Labute approximate surface area is 301 Å². The molecule has 7 rings (SSSR count). The Bertz CT molecular complexity index is 1820. The highest BCUT2D eigenvalue weighted by Gasteiger charge is 2.37. The Morgan fingerprint density at radius 1 is 0.960 bits per heavy atom. The quantitative estimate of drug-likeness (QED) is 0.0902. The lowest BCUT2D eigenvalue weighted by atomic mass is 9.86. The summed E-state index contributed by atoms with van der Waals surface area (Å²) in [6, 6.07) is 19.9. The lowest BCUT2D eigenvalue weighted by molar-refractivity contribution is -0.605. The first-order chi connectivity index (χ1) is 24.1. The number of rotatable bonds is 11. The molecule has 0 saturated carbocycles. The number of nitrogens with zero attached hydrogens (tertiary/aromatic N) is 3. The third-order valence-corrected chi connectivity index (χ3v) is 10.0. The molecule has 3 aromatic carbocycles. The van der Waals surface area contributed by atoms with Gasteiger partial charge in [-0.25, -0.2) is 9.59 Å². The summed E-state index contributed by atoms with van der Waals surface area (Å²) in [6.45, 7) is 5.10. The van der Waals surface area contributed by atoms with E-state index >= 15 is 0 Å². The summed E-state index contributed by atoms with van der Waals surface area (Å²) < 4.78 is 23.6. The Morgan fingerprint density at radius 3 is 2.28 bits per heavy atom. The van der Waals surface area contributed by atoms with Gasteiger partial charge in [0.1, 0.15) is 22.3 Å². The minimum atomic E-state index is -0.850. The molecule has 0 radical (unpaired) electrons. The summed E-state index contributed by atoms with van der Waals surface area (Å²) in [7, 11) is 3.04. The van der Waals surface area contributed by atoms with Gasteiger partial charge in [-0.15, -0.1) is 0 Å². The van der Waals surface area contributed by atoms with Gasteiger partial charge in [0.25, 0.3) is 0 Å². The molecule has 3 aliphatic heterocycles. The molecule has 4 heterocycles. The molecule has 50 heavy (non-hydrogen) atoms. The van der Waals surface area contributed by atoms with E-state index in [1.165, 1.54) is 26.6 Å². The molecule has 4 aromatic rings. The number of benzene rings is 3. The first-order valence-electron chi connectivity index (χ1n) is 16.5. The number of methoxy groups -OCH3 is 2. The molecular formula is C38H39Cl2N3O7. The van der Waals surface area contributed by atoms with E-state index in [-0.39, 0.29) is 29.1 Å². The zero-order valence-electron chi connectivity index (χ0n) is 28.1. The van der Waals surface area contributed by atoms with Gasteiger partial charge in [0, 0.05) is 24.2 Å². The second kappa shape index (κ2) is 15.6. The highest BCUT2D eigenvalue weighted by Crippen LogP contribution is 2.36. The predicted molar refractivity (Wildman–Crippen MR) is 190 cm³/mol. The summed E-state index contributed by atoms with van der Waals surface area (Å²) in [5.74, 6) is 0.750. The van der Waals surface area contributed by atoms with Gasteiger partial charge < -0.3 is 24.2 Å². The standard InChI is InChI=1S/C38H39Cl2N3O7/c1-24-5-4-6-29(17-24)43(38(45)50-36-23-41-15-13-26(36)14-16-41)20-25-7-9-27(10-8-25)37(44)49-34(19-30-31(39)21-42(46)22-32(30)40)28-11-12-33(47-2)35(18-28)48-3/h4-12,17-18,21-22,26,34,36H,13-16,19-20,23H2,1-3H3/t34?,36-/m0/s1. The fourth-order valence-corrected chi connectivity index (χ4v) is 7.21. The summed E-state index contributed by atoms with van der Waals surface area (Å²) in [6.07, 6.45) is 3.19. The van der Waals surface area contributed by atoms with Gasteiger partial charge in [-0.3, -0.25) is 9.80 Å². The van der Waals surface area contributed by atoms with Crippen molar-refractivity contribution in [2.24, 2.45) is 5.92 Å². The van der Waals surface area contributed by atoms with E-state index in [1.54, 1.807) is 47.4 Å². The maximum absolute atomic E-state index is 13.7. The van der Waals surface area contributed by atoms with Crippen LogP contribution in [-0.4, -0.2) is 56.9 Å². The van der Waals surface area contributed by atoms with Crippen LogP contribution in [0.2, 0.25) is 10.0 Å². The van der Waals surface area contributed by atoms with Gasteiger partial charge in [-0.2, -0.15) is 4.73 Å². The number of anilines is 1.